The summed E-state index contributed by atoms with van der Waals surface area (Å²) in [6, 6.07) is 11.8. The van der Waals surface area contributed by atoms with Gasteiger partial charge in [0.15, 0.2) is 0 Å². The molecule has 10 heteroatoms. The lowest BCUT2D eigenvalue weighted by atomic mass is 9.71. The molecule has 37 heavy (non-hydrogen) atoms. The molecule has 1 atom stereocenters. The maximum absolute atomic E-state index is 14.0. The van der Waals surface area contributed by atoms with E-state index in [4.69, 9.17) is 5.73 Å². The Bertz CT molecular complexity index is 1420. The van der Waals surface area contributed by atoms with Gasteiger partial charge >= 0.3 is 6.18 Å². The van der Waals surface area contributed by atoms with Crippen molar-refractivity contribution in [3.05, 3.63) is 77.1 Å². The van der Waals surface area contributed by atoms with Crippen LogP contribution >= 0.6 is 0 Å². The van der Waals surface area contributed by atoms with Crippen LogP contribution in [0.2, 0.25) is 0 Å². The Labute approximate surface area is 211 Å². The molecule has 0 aliphatic carbocycles. The van der Waals surface area contributed by atoms with E-state index in [0.717, 1.165) is 33.5 Å². The number of hydrogen-bond acceptors (Lipinski definition) is 3. The summed E-state index contributed by atoms with van der Waals surface area (Å²) in [5.41, 5.74) is 4.98. The second kappa shape index (κ2) is 9.42. The number of nitrogens with one attached hydrogen (secondary N) is 1. The Hall–Kier alpha value is -4.08. The van der Waals surface area contributed by atoms with Crippen molar-refractivity contribution in [3.63, 3.8) is 0 Å². The Morgan fingerprint density at radius 3 is 2.49 bits per heavy atom. The molecule has 1 aliphatic heterocycles. The monoisotopic (exact) mass is 512 g/mol. The van der Waals surface area contributed by atoms with Crippen molar-refractivity contribution in [1.29, 1.82) is 0 Å². The molecular weight excluding hydrogens is 485 g/mol. The summed E-state index contributed by atoms with van der Waals surface area (Å²) in [6.45, 7) is 1.49. The van der Waals surface area contributed by atoms with Crippen molar-refractivity contribution in [2.45, 2.75) is 32.4 Å². The van der Waals surface area contributed by atoms with Crippen molar-refractivity contribution in [3.8, 4) is 0 Å². The number of halogens is 3. The van der Waals surface area contributed by atoms with Crippen LogP contribution in [-0.4, -0.2) is 41.7 Å². The highest BCUT2D eigenvalue weighted by Crippen LogP contribution is 2.44. The standard InChI is InChI=1S/C27H27F3N4O3/c1-16-21(23(35)33(2)3)14-26(24(31)36,12-11-17-15-32-22-10-5-4-9-20(17)22)25(37)34(16)19-8-6-7-18(13-19)27(28,29)30/h4-10,13,15,32H,11-12,14H2,1-3H3,(H2,31,36). The second-order valence-electron chi connectivity index (χ2n) is 9.43. The number of benzene rings is 2. The molecule has 0 radical (unpaired) electrons. The first kappa shape index (κ1) is 26.0. The topological polar surface area (TPSA) is 99.5 Å². The van der Waals surface area contributed by atoms with E-state index in [1.807, 2.05) is 24.3 Å². The van der Waals surface area contributed by atoms with E-state index in [1.54, 1.807) is 6.20 Å². The maximum Gasteiger partial charge on any atom is 0.416 e. The zero-order valence-corrected chi connectivity index (χ0v) is 20.6. The first-order chi connectivity index (χ1) is 17.4. The molecule has 0 spiro atoms. The number of aromatic amines is 1. The fraction of sp³-hybridized carbons (Fsp3) is 0.296. The maximum atomic E-state index is 14.0. The van der Waals surface area contributed by atoms with E-state index in [2.05, 4.69) is 4.98 Å². The molecule has 1 aromatic heterocycles. The number of alkyl halides is 3. The molecule has 0 fully saturated rings. The summed E-state index contributed by atoms with van der Waals surface area (Å²) >= 11 is 0. The van der Waals surface area contributed by atoms with Crippen molar-refractivity contribution >= 4 is 34.3 Å². The number of aryl methyl sites for hydroxylation is 1. The van der Waals surface area contributed by atoms with Crippen molar-refractivity contribution in [1.82, 2.24) is 9.88 Å². The van der Waals surface area contributed by atoms with Gasteiger partial charge < -0.3 is 15.6 Å². The predicted molar refractivity (Wildman–Crippen MR) is 133 cm³/mol. The predicted octanol–water partition coefficient (Wildman–Crippen LogP) is 4.39. The van der Waals surface area contributed by atoms with E-state index in [1.165, 1.54) is 38.1 Å². The fourth-order valence-electron chi connectivity index (χ4n) is 4.84. The smallest absolute Gasteiger partial charge is 0.369 e. The molecule has 0 saturated heterocycles. The van der Waals surface area contributed by atoms with Gasteiger partial charge in [-0.05, 0) is 49.6 Å². The van der Waals surface area contributed by atoms with Gasteiger partial charge in [-0.25, -0.2) is 0 Å². The fourth-order valence-corrected chi connectivity index (χ4v) is 4.84. The van der Waals surface area contributed by atoms with Gasteiger partial charge in [0.1, 0.15) is 5.41 Å². The average molecular weight is 513 g/mol. The number of allylic oxidation sites excluding steroid dienone is 1. The molecule has 7 nitrogen and oxygen atoms in total. The van der Waals surface area contributed by atoms with E-state index in [0.29, 0.717) is 0 Å². The molecule has 2 heterocycles. The van der Waals surface area contributed by atoms with Gasteiger partial charge in [0.25, 0.3) is 5.91 Å². The molecule has 1 aliphatic rings. The summed E-state index contributed by atoms with van der Waals surface area (Å²) in [4.78, 5) is 45.6. The number of carbonyl (C=O) groups excluding carboxylic acids is 3. The Kier molecular flexibility index (Phi) is 6.62. The highest BCUT2D eigenvalue weighted by Gasteiger charge is 2.52. The summed E-state index contributed by atoms with van der Waals surface area (Å²) < 4.78 is 40.4. The Morgan fingerprint density at radius 1 is 1.14 bits per heavy atom. The molecule has 4 rings (SSSR count). The number of hydrogen-bond donors (Lipinski definition) is 2. The minimum absolute atomic E-state index is 0.0318. The van der Waals surface area contributed by atoms with E-state index in [-0.39, 0.29) is 36.2 Å². The van der Waals surface area contributed by atoms with Gasteiger partial charge in [-0.15, -0.1) is 0 Å². The normalized spacial score (nSPS) is 18.4. The van der Waals surface area contributed by atoms with E-state index in [9.17, 15) is 27.6 Å². The number of fused-ring (bicyclic) bond motifs is 1. The van der Waals surface area contributed by atoms with Crippen LogP contribution in [0.1, 0.15) is 30.9 Å². The molecule has 3 amide bonds. The molecule has 2 aromatic carbocycles. The number of H-pyrrole nitrogens is 1. The number of nitrogens with zero attached hydrogens (tertiary/aromatic N) is 2. The van der Waals surface area contributed by atoms with Crippen LogP contribution in [0.5, 0.6) is 0 Å². The summed E-state index contributed by atoms with van der Waals surface area (Å²) in [5.74, 6) is -2.16. The lowest BCUT2D eigenvalue weighted by Gasteiger charge is -2.41. The van der Waals surface area contributed by atoms with Crippen LogP contribution in [-0.2, 0) is 27.0 Å². The van der Waals surface area contributed by atoms with Gasteiger partial charge in [-0.2, -0.15) is 13.2 Å². The number of aromatic nitrogens is 1. The largest absolute Gasteiger partial charge is 0.416 e. The molecule has 194 valence electrons. The molecule has 1 unspecified atom stereocenters. The summed E-state index contributed by atoms with van der Waals surface area (Å²) in [5, 5.41) is 0.913. The number of primary amides is 1. The lowest BCUT2D eigenvalue weighted by molar-refractivity contribution is -0.142. The average Bonchev–Trinajstić information content (AvgIpc) is 3.26. The number of anilines is 1. The van der Waals surface area contributed by atoms with Crippen LogP contribution in [0, 0.1) is 5.41 Å². The van der Waals surface area contributed by atoms with Crippen LogP contribution in [0.4, 0.5) is 18.9 Å². The molecule has 3 N–H and O–H groups in total. The molecular formula is C27H27F3N4O3. The Morgan fingerprint density at radius 2 is 1.84 bits per heavy atom. The molecule has 0 bridgehead atoms. The van der Waals surface area contributed by atoms with Crippen LogP contribution in [0.3, 0.4) is 0 Å². The van der Waals surface area contributed by atoms with Crippen molar-refractivity contribution < 1.29 is 27.6 Å². The van der Waals surface area contributed by atoms with Gasteiger partial charge in [0.05, 0.1) is 5.56 Å². The van der Waals surface area contributed by atoms with E-state index >= 15 is 0 Å². The zero-order chi connectivity index (χ0) is 27.1. The summed E-state index contributed by atoms with van der Waals surface area (Å²) in [6.07, 6.45) is -2.87. The van der Waals surface area contributed by atoms with Crippen LogP contribution in [0.15, 0.2) is 66.0 Å². The van der Waals surface area contributed by atoms with Crippen LogP contribution in [0.25, 0.3) is 10.9 Å². The Balaban J connectivity index is 1.84. The first-order valence-corrected chi connectivity index (χ1v) is 11.6. The molecule has 0 saturated carbocycles. The zero-order valence-electron chi connectivity index (χ0n) is 20.6. The number of carbonyl (C=O) groups is 3. The first-order valence-electron chi connectivity index (χ1n) is 11.6. The summed E-state index contributed by atoms with van der Waals surface area (Å²) in [7, 11) is 3.04. The quantitative estimate of drug-likeness (QED) is 0.479. The van der Waals surface area contributed by atoms with Gasteiger partial charge in [0, 0.05) is 54.6 Å². The van der Waals surface area contributed by atoms with Gasteiger partial charge in [-0.1, -0.05) is 24.3 Å². The number of amides is 3. The minimum atomic E-state index is -4.65. The number of rotatable bonds is 6. The van der Waals surface area contributed by atoms with Crippen molar-refractivity contribution in [2.24, 2.45) is 11.1 Å². The number of nitrogens with two attached hydrogens (primary N) is 1. The van der Waals surface area contributed by atoms with Gasteiger partial charge in [0.2, 0.25) is 11.8 Å². The third kappa shape index (κ3) is 4.59. The highest BCUT2D eigenvalue weighted by molar-refractivity contribution is 6.16. The van der Waals surface area contributed by atoms with Crippen LogP contribution < -0.4 is 10.6 Å². The number of para-hydroxylation sites is 1. The molecule has 3 aromatic rings. The van der Waals surface area contributed by atoms with E-state index < -0.39 is 34.9 Å². The van der Waals surface area contributed by atoms with Gasteiger partial charge in [-0.3, -0.25) is 19.3 Å². The number of likely N-dealkylation sites (N-methyl/N-ethyl adjacent to an activating group) is 1. The SMILES string of the molecule is CC1=C(C(=O)N(C)C)CC(CCc2c[nH]c3ccccc23)(C(N)=O)C(=O)N1c1cccc(C(F)(F)F)c1. The van der Waals surface area contributed by atoms with Crippen molar-refractivity contribution in [2.75, 3.05) is 19.0 Å². The highest BCUT2D eigenvalue weighted by atomic mass is 19.4. The third-order valence-electron chi connectivity index (χ3n) is 6.93. The minimum Gasteiger partial charge on any atom is -0.369 e. The third-order valence-corrected chi connectivity index (χ3v) is 6.93. The second-order valence-corrected chi connectivity index (χ2v) is 9.43. The lowest BCUT2D eigenvalue weighted by Crippen LogP contribution is -2.55.